The monoisotopic (exact) mass is 348 g/mol. The van der Waals surface area contributed by atoms with Crippen LogP contribution >= 0.6 is 0 Å². The van der Waals surface area contributed by atoms with Gasteiger partial charge < -0.3 is 9.80 Å². The van der Waals surface area contributed by atoms with Crippen LogP contribution in [0.15, 0.2) is 12.7 Å². The van der Waals surface area contributed by atoms with Crippen LogP contribution in [0, 0.1) is 0 Å². The minimum Gasteiger partial charge on any atom is -0.339 e. The number of amides is 1. The van der Waals surface area contributed by atoms with Gasteiger partial charge in [0.1, 0.15) is 0 Å². The Labute approximate surface area is 153 Å². The molecular weight excluding hydrogens is 312 g/mol. The molecule has 0 aromatic rings. The standard InChI is InChI=1S/C20H36N4O/c1-4-11-23-14-10-20(9-6-19(23)25)17-24(16-15-21(20)3)18-7-12-22(5-2)13-8-18/h4,18H,1,5-17H2,2-3H3. The molecule has 0 aromatic heterocycles. The number of piperazine rings is 1. The number of carbonyl (C=O) groups excluding carboxylic acids is 1. The second kappa shape index (κ2) is 8.19. The summed E-state index contributed by atoms with van der Waals surface area (Å²) < 4.78 is 0. The minimum absolute atomic E-state index is 0.172. The maximum Gasteiger partial charge on any atom is 0.222 e. The number of piperidine rings is 1. The zero-order chi connectivity index (χ0) is 17.9. The second-order valence-electron chi connectivity index (χ2n) is 8.16. The SMILES string of the molecule is C=CCN1CCC2(CCC1=O)CN(C1CCN(CC)CC1)CCN2C. The molecule has 3 heterocycles. The van der Waals surface area contributed by atoms with Crippen molar-refractivity contribution in [3.8, 4) is 0 Å². The zero-order valence-corrected chi connectivity index (χ0v) is 16.3. The molecule has 0 saturated carbocycles. The van der Waals surface area contributed by atoms with Crippen LogP contribution < -0.4 is 0 Å². The third-order valence-corrected chi connectivity index (χ3v) is 6.90. The normalized spacial score (nSPS) is 31.4. The number of hydrogen-bond donors (Lipinski definition) is 0. The molecule has 0 aromatic carbocycles. The van der Waals surface area contributed by atoms with Crippen molar-refractivity contribution in [2.45, 2.75) is 50.6 Å². The number of nitrogens with zero attached hydrogens (tertiary/aromatic N) is 4. The van der Waals surface area contributed by atoms with Gasteiger partial charge in [-0.3, -0.25) is 14.6 Å². The Hall–Kier alpha value is -0.910. The molecule has 5 nitrogen and oxygen atoms in total. The van der Waals surface area contributed by atoms with Crippen LogP contribution in [0.3, 0.4) is 0 Å². The van der Waals surface area contributed by atoms with E-state index in [9.17, 15) is 4.79 Å². The molecule has 3 saturated heterocycles. The van der Waals surface area contributed by atoms with E-state index in [-0.39, 0.29) is 5.54 Å². The maximum absolute atomic E-state index is 12.4. The summed E-state index contributed by atoms with van der Waals surface area (Å²) in [6.07, 6.45) is 7.23. The van der Waals surface area contributed by atoms with Crippen molar-refractivity contribution in [2.75, 3.05) is 59.4 Å². The molecule has 142 valence electrons. The molecular formula is C20H36N4O. The molecule has 3 fully saturated rings. The molecule has 0 aliphatic carbocycles. The quantitative estimate of drug-likeness (QED) is 0.723. The summed E-state index contributed by atoms with van der Waals surface area (Å²) in [5.41, 5.74) is 0.172. The third kappa shape index (κ3) is 4.09. The second-order valence-corrected chi connectivity index (χ2v) is 8.16. The highest BCUT2D eigenvalue weighted by Gasteiger charge is 2.43. The van der Waals surface area contributed by atoms with Gasteiger partial charge in [0, 0.05) is 50.7 Å². The van der Waals surface area contributed by atoms with Crippen LogP contribution in [0.25, 0.3) is 0 Å². The molecule has 3 rings (SSSR count). The predicted octanol–water partition coefficient (Wildman–Crippen LogP) is 1.66. The number of likely N-dealkylation sites (N-methyl/N-ethyl adjacent to an activating group) is 1. The van der Waals surface area contributed by atoms with E-state index < -0.39 is 0 Å². The van der Waals surface area contributed by atoms with E-state index in [1.165, 1.54) is 39.0 Å². The summed E-state index contributed by atoms with van der Waals surface area (Å²) in [6.45, 7) is 14.7. The third-order valence-electron chi connectivity index (χ3n) is 6.90. The van der Waals surface area contributed by atoms with Crippen LogP contribution in [0.2, 0.25) is 0 Å². The first-order valence-electron chi connectivity index (χ1n) is 10.1. The number of hydrogen-bond acceptors (Lipinski definition) is 4. The summed E-state index contributed by atoms with van der Waals surface area (Å²) >= 11 is 0. The van der Waals surface area contributed by atoms with Crippen molar-refractivity contribution in [3.63, 3.8) is 0 Å². The van der Waals surface area contributed by atoms with Gasteiger partial charge in [-0.05, 0) is 52.4 Å². The molecule has 1 unspecified atom stereocenters. The van der Waals surface area contributed by atoms with Crippen molar-refractivity contribution >= 4 is 5.91 Å². The molecule has 3 aliphatic rings. The Kier molecular flexibility index (Phi) is 6.18. The van der Waals surface area contributed by atoms with Crippen LogP contribution in [-0.4, -0.2) is 96.5 Å². The molecule has 1 amide bonds. The van der Waals surface area contributed by atoms with Gasteiger partial charge >= 0.3 is 0 Å². The van der Waals surface area contributed by atoms with Crippen LogP contribution in [0.1, 0.15) is 39.0 Å². The number of carbonyl (C=O) groups is 1. The first-order chi connectivity index (χ1) is 12.1. The Morgan fingerprint density at radius 3 is 2.60 bits per heavy atom. The van der Waals surface area contributed by atoms with Gasteiger partial charge in [-0.25, -0.2) is 0 Å². The Bertz CT molecular complexity index is 474. The van der Waals surface area contributed by atoms with Gasteiger partial charge in [-0.15, -0.1) is 6.58 Å². The Morgan fingerprint density at radius 2 is 1.92 bits per heavy atom. The average molecular weight is 349 g/mol. The maximum atomic E-state index is 12.4. The van der Waals surface area contributed by atoms with E-state index in [1.54, 1.807) is 0 Å². The van der Waals surface area contributed by atoms with Crippen molar-refractivity contribution in [1.29, 1.82) is 0 Å². The summed E-state index contributed by atoms with van der Waals surface area (Å²) in [7, 11) is 2.27. The van der Waals surface area contributed by atoms with Crippen LogP contribution in [0.4, 0.5) is 0 Å². The molecule has 0 bridgehead atoms. The van der Waals surface area contributed by atoms with Crippen molar-refractivity contribution < 1.29 is 4.79 Å². The van der Waals surface area contributed by atoms with Gasteiger partial charge in [-0.1, -0.05) is 13.0 Å². The first-order valence-corrected chi connectivity index (χ1v) is 10.1. The van der Waals surface area contributed by atoms with Gasteiger partial charge in [0.05, 0.1) is 0 Å². The van der Waals surface area contributed by atoms with E-state index in [2.05, 4.69) is 35.3 Å². The smallest absolute Gasteiger partial charge is 0.222 e. The number of rotatable bonds is 4. The lowest BCUT2D eigenvalue weighted by atomic mass is 9.85. The Morgan fingerprint density at radius 1 is 1.16 bits per heavy atom. The fraction of sp³-hybridized carbons (Fsp3) is 0.850. The lowest BCUT2D eigenvalue weighted by Crippen LogP contribution is -2.63. The largest absolute Gasteiger partial charge is 0.339 e. The van der Waals surface area contributed by atoms with E-state index in [0.717, 1.165) is 38.5 Å². The van der Waals surface area contributed by atoms with Crippen molar-refractivity contribution in [3.05, 3.63) is 12.7 Å². The summed E-state index contributed by atoms with van der Waals surface area (Å²) in [5.74, 6) is 0.304. The van der Waals surface area contributed by atoms with Gasteiger partial charge in [0.25, 0.3) is 0 Å². The van der Waals surface area contributed by atoms with Crippen LogP contribution in [0.5, 0.6) is 0 Å². The average Bonchev–Trinajstić information content (AvgIpc) is 2.79. The van der Waals surface area contributed by atoms with Crippen LogP contribution in [-0.2, 0) is 4.79 Å². The van der Waals surface area contributed by atoms with Gasteiger partial charge in [0.15, 0.2) is 0 Å². The molecule has 0 N–H and O–H groups in total. The van der Waals surface area contributed by atoms with E-state index in [0.29, 0.717) is 18.9 Å². The predicted molar refractivity (Wildman–Crippen MR) is 103 cm³/mol. The summed E-state index contributed by atoms with van der Waals surface area (Å²) in [4.78, 5) is 22.3. The van der Waals surface area contributed by atoms with Crippen molar-refractivity contribution in [1.82, 2.24) is 19.6 Å². The fourth-order valence-corrected chi connectivity index (χ4v) is 4.99. The lowest BCUT2D eigenvalue weighted by molar-refractivity contribution is -0.130. The lowest BCUT2D eigenvalue weighted by Gasteiger charge is -2.52. The highest BCUT2D eigenvalue weighted by atomic mass is 16.2. The highest BCUT2D eigenvalue weighted by molar-refractivity contribution is 5.76. The van der Waals surface area contributed by atoms with E-state index in [4.69, 9.17) is 0 Å². The number of likely N-dealkylation sites (tertiary alicyclic amines) is 2. The first kappa shape index (κ1) is 18.9. The molecule has 5 heteroatoms. The topological polar surface area (TPSA) is 30.0 Å². The summed E-state index contributed by atoms with van der Waals surface area (Å²) in [5, 5.41) is 0. The highest BCUT2D eigenvalue weighted by Crippen LogP contribution is 2.34. The fourth-order valence-electron chi connectivity index (χ4n) is 4.99. The van der Waals surface area contributed by atoms with Gasteiger partial charge in [0.2, 0.25) is 5.91 Å². The molecule has 1 spiro atoms. The van der Waals surface area contributed by atoms with E-state index >= 15 is 0 Å². The Balaban J connectivity index is 1.66. The molecule has 0 radical (unpaired) electrons. The zero-order valence-electron chi connectivity index (χ0n) is 16.3. The van der Waals surface area contributed by atoms with E-state index in [1.807, 2.05) is 11.0 Å². The minimum atomic E-state index is 0.172. The van der Waals surface area contributed by atoms with Gasteiger partial charge in [-0.2, -0.15) is 0 Å². The molecule has 25 heavy (non-hydrogen) atoms. The summed E-state index contributed by atoms with van der Waals surface area (Å²) in [6, 6.07) is 0.733. The van der Waals surface area contributed by atoms with Crippen molar-refractivity contribution in [2.24, 2.45) is 0 Å². The molecule has 3 aliphatic heterocycles. The molecule has 1 atom stereocenters.